The fourth-order valence-electron chi connectivity index (χ4n) is 3.79. The van der Waals surface area contributed by atoms with Crippen molar-refractivity contribution in [2.24, 2.45) is 0 Å². The molecular formula is C26H25N5O4S. The number of fused-ring (bicyclic) bond motifs is 1. The van der Waals surface area contributed by atoms with Gasteiger partial charge in [-0.2, -0.15) is 5.10 Å². The summed E-state index contributed by atoms with van der Waals surface area (Å²) in [7, 11) is 4.86. The second kappa shape index (κ2) is 10.5. The largest absolute Gasteiger partial charge is 0.495 e. The van der Waals surface area contributed by atoms with Crippen LogP contribution in [0.5, 0.6) is 17.2 Å². The number of aromatic nitrogens is 3. The number of aromatic amines is 1. The van der Waals surface area contributed by atoms with Crippen LogP contribution in [0.15, 0.2) is 76.1 Å². The molecule has 0 spiro atoms. The topological polar surface area (TPSA) is 106 Å². The molecule has 3 aromatic carbocycles. The van der Waals surface area contributed by atoms with Gasteiger partial charge in [0.2, 0.25) is 0 Å². The highest BCUT2D eigenvalue weighted by Gasteiger charge is 2.17. The van der Waals surface area contributed by atoms with Gasteiger partial charge >= 0.3 is 0 Å². The number of nitrogens with zero attached hydrogens (tertiary/aromatic N) is 2. The van der Waals surface area contributed by atoms with Crippen LogP contribution in [0.3, 0.4) is 0 Å². The molecule has 5 aromatic rings. The molecule has 10 heteroatoms. The summed E-state index contributed by atoms with van der Waals surface area (Å²) in [5.41, 5.74) is 3.51. The minimum absolute atomic E-state index is 0.553. The van der Waals surface area contributed by atoms with E-state index in [0.717, 1.165) is 22.4 Å². The molecule has 0 amide bonds. The van der Waals surface area contributed by atoms with Crippen LogP contribution in [0.25, 0.3) is 11.0 Å². The van der Waals surface area contributed by atoms with Crippen molar-refractivity contribution in [2.45, 2.75) is 11.3 Å². The fourth-order valence-corrected chi connectivity index (χ4v) is 4.64. The van der Waals surface area contributed by atoms with Gasteiger partial charge in [0.05, 0.1) is 32.4 Å². The van der Waals surface area contributed by atoms with E-state index in [1.54, 1.807) is 21.3 Å². The first-order valence-corrected chi connectivity index (χ1v) is 12.0. The third kappa shape index (κ3) is 4.89. The highest BCUT2D eigenvalue weighted by atomic mass is 32.2. The van der Waals surface area contributed by atoms with Crippen molar-refractivity contribution in [2.75, 3.05) is 31.4 Å². The lowest BCUT2D eigenvalue weighted by atomic mass is 10.1. The average molecular weight is 504 g/mol. The van der Waals surface area contributed by atoms with Crippen LogP contribution in [0, 0.1) is 0 Å². The number of anilines is 3. The molecule has 0 atom stereocenters. The third-order valence-electron chi connectivity index (χ3n) is 5.56. The van der Waals surface area contributed by atoms with Gasteiger partial charge in [0.15, 0.2) is 17.2 Å². The number of hydrogen-bond donors (Lipinski definition) is 3. The van der Waals surface area contributed by atoms with E-state index in [2.05, 4.69) is 37.5 Å². The molecule has 36 heavy (non-hydrogen) atoms. The number of methoxy groups -OCH3 is 3. The standard InChI is InChI=1S/C26H25N5O4S/c1-32-20-10-7-11-21(33-2)25(20)36-31-26-18-14-23(34-3)19(15-22(18)35-30-26)27-24-13-17(28-29-24)12-16-8-5-4-6-9-16/h4-11,13-15H,12H2,1-3H3,(H,30,31)(H2,27,28,29). The quantitative estimate of drug-likeness (QED) is 0.197. The van der Waals surface area contributed by atoms with Gasteiger partial charge in [-0.15, -0.1) is 0 Å². The summed E-state index contributed by atoms with van der Waals surface area (Å²) in [6.45, 7) is 0. The first-order valence-electron chi connectivity index (χ1n) is 11.1. The molecule has 0 saturated heterocycles. The maximum atomic E-state index is 5.64. The molecule has 5 rings (SSSR count). The Balaban J connectivity index is 1.35. The second-order valence-electron chi connectivity index (χ2n) is 7.84. The summed E-state index contributed by atoms with van der Waals surface area (Å²) in [5, 5.41) is 15.7. The normalized spacial score (nSPS) is 10.9. The SMILES string of the molecule is COc1cc2c(NSc3c(OC)cccc3OC)noc2cc1Nc1cc(Cc2ccccc2)[nH]n1. The Morgan fingerprint density at radius 1 is 0.889 bits per heavy atom. The van der Waals surface area contributed by atoms with E-state index in [1.165, 1.54) is 17.5 Å². The Morgan fingerprint density at radius 2 is 1.64 bits per heavy atom. The second-order valence-corrected chi connectivity index (χ2v) is 8.66. The van der Waals surface area contributed by atoms with Crippen molar-refractivity contribution in [1.29, 1.82) is 0 Å². The van der Waals surface area contributed by atoms with E-state index in [-0.39, 0.29) is 0 Å². The van der Waals surface area contributed by atoms with Crippen LogP contribution in [-0.4, -0.2) is 36.7 Å². The summed E-state index contributed by atoms with van der Waals surface area (Å²) in [5.74, 6) is 3.23. The summed E-state index contributed by atoms with van der Waals surface area (Å²) in [4.78, 5) is 0.800. The number of rotatable bonds is 10. The van der Waals surface area contributed by atoms with Gasteiger partial charge in [-0.3, -0.25) is 5.10 Å². The minimum atomic E-state index is 0.553. The number of nitrogens with one attached hydrogen (secondary N) is 3. The molecule has 0 saturated carbocycles. The van der Waals surface area contributed by atoms with E-state index < -0.39 is 0 Å². The zero-order chi connectivity index (χ0) is 24.9. The van der Waals surface area contributed by atoms with Crippen molar-refractivity contribution >= 4 is 40.2 Å². The Morgan fingerprint density at radius 3 is 2.36 bits per heavy atom. The van der Waals surface area contributed by atoms with E-state index in [4.69, 9.17) is 18.7 Å². The first-order chi connectivity index (χ1) is 17.7. The smallest absolute Gasteiger partial charge is 0.187 e. The molecule has 0 bridgehead atoms. The van der Waals surface area contributed by atoms with Gasteiger partial charge in [-0.25, -0.2) is 0 Å². The predicted molar refractivity (Wildman–Crippen MR) is 141 cm³/mol. The van der Waals surface area contributed by atoms with Gasteiger partial charge in [0.1, 0.15) is 22.1 Å². The van der Waals surface area contributed by atoms with Crippen molar-refractivity contribution in [3.05, 3.63) is 78.0 Å². The molecule has 0 radical (unpaired) electrons. The molecule has 0 aliphatic carbocycles. The minimum Gasteiger partial charge on any atom is -0.495 e. The van der Waals surface area contributed by atoms with Crippen LogP contribution in [0.1, 0.15) is 11.3 Å². The molecule has 0 fully saturated rings. The molecule has 3 N–H and O–H groups in total. The maximum absolute atomic E-state index is 5.64. The van der Waals surface area contributed by atoms with E-state index in [1.807, 2.05) is 54.6 Å². The number of H-pyrrole nitrogens is 1. The maximum Gasteiger partial charge on any atom is 0.187 e. The van der Waals surface area contributed by atoms with E-state index in [0.29, 0.717) is 40.2 Å². The summed E-state index contributed by atoms with van der Waals surface area (Å²) in [6, 6.07) is 21.5. The van der Waals surface area contributed by atoms with Crippen molar-refractivity contribution in [3.8, 4) is 17.2 Å². The lowest BCUT2D eigenvalue weighted by Crippen LogP contribution is -1.96. The lowest BCUT2D eigenvalue weighted by Gasteiger charge is -2.12. The van der Waals surface area contributed by atoms with Gasteiger partial charge in [-0.1, -0.05) is 41.6 Å². The van der Waals surface area contributed by atoms with Gasteiger partial charge < -0.3 is 28.8 Å². The lowest BCUT2D eigenvalue weighted by molar-refractivity contribution is 0.376. The fraction of sp³-hybridized carbons (Fsp3) is 0.154. The summed E-state index contributed by atoms with van der Waals surface area (Å²) < 4.78 is 25.4. The van der Waals surface area contributed by atoms with Crippen LogP contribution in [0.4, 0.5) is 17.3 Å². The van der Waals surface area contributed by atoms with Crippen LogP contribution >= 0.6 is 11.9 Å². The molecule has 0 unspecified atom stereocenters. The number of benzene rings is 3. The Hall–Kier alpha value is -4.31. The van der Waals surface area contributed by atoms with Crippen LogP contribution < -0.4 is 24.2 Å². The van der Waals surface area contributed by atoms with E-state index in [9.17, 15) is 0 Å². The van der Waals surface area contributed by atoms with Crippen molar-refractivity contribution in [1.82, 2.24) is 15.4 Å². The zero-order valence-electron chi connectivity index (χ0n) is 20.0. The number of ether oxygens (including phenoxy) is 3. The Bertz CT molecular complexity index is 1450. The van der Waals surface area contributed by atoms with Crippen molar-refractivity contribution < 1.29 is 18.7 Å². The molecule has 0 aliphatic rings. The zero-order valence-corrected chi connectivity index (χ0v) is 20.8. The van der Waals surface area contributed by atoms with Crippen molar-refractivity contribution in [3.63, 3.8) is 0 Å². The van der Waals surface area contributed by atoms with E-state index >= 15 is 0 Å². The number of hydrogen-bond acceptors (Lipinski definition) is 9. The Kier molecular flexibility index (Phi) is 6.85. The molecule has 2 aromatic heterocycles. The van der Waals surface area contributed by atoms with Crippen LogP contribution in [-0.2, 0) is 6.42 Å². The highest BCUT2D eigenvalue weighted by molar-refractivity contribution is 8.00. The third-order valence-corrected chi connectivity index (χ3v) is 6.46. The van der Waals surface area contributed by atoms with Gasteiger partial charge in [-0.05, 0) is 35.7 Å². The molecule has 184 valence electrons. The summed E-state index contributed by atoms with van der Waals surface area (Å²) >= 11 is 1.33. The molecule has 2 heterocycles. The molecule has 9 nitrogen and oxygen atoms in total. The molecule has 0 aliphatic heterocycles. The first kappa shape index (κ1) is 23.4. The van der Waals surface area contributed by atoms with Gasteiger partial charge in [0, 0.05) is 24.2 Å². The average Bonchev–Trinajstić information content (AvgIpc) is 3.53. The predicted octanol–water partition coefficient (Wildman–Crippen LogP) is 6.03. The monoisotopic (exact) mass is 503 g/mol. The Labute approximate surface area is 212 Å². The highest BCUT2D eigenvalue weighted by Crippen LogP contribution is 2.40. The van der Waals surface area contributed by atoms with Crippen LogP contribution in [0.2, 0.25) is 0 Å². The molecular weight excluding hydrogens is 478 g/mol. The summed E-state index contributed by atoms with van der Waals surface area (Å²) in [6.07, 6.45) is 0.761. The van der Waals surface area contributed by atoms with Gasteiger partial charge in [0.25, 0.3) is 0 Å².